The summed E-state index contributed by atoms with van der Waals surface area (Å²) in [7, 11) is 0. The molecule has 0 amide bonds. The van der Waals surface area contributed by atoms with Gasteiger partial charge in [0.2, 0.25) is 0 Å². The fraction of sp³-hybridized carbons (Fsp3) is 0.429. The standard InChI is InChI=1S/C7H12S/c1-5(2)7(8)6(3)4/h8H,1H2,2-4H3. The van der Waals surface area contributed by atoms with Crippen molar-refractivity contribution in [3.63, 3.8) is 0 Å². The molecule has 0 N–H and O–H groups in total. The highest BCUT2D eigenvalue weighted by molar-refractivity contribution is 7.84. The third-order valence-electron chi connectivity index (χ3n) is 0.878. The average molecular weight is 128 g/mol. The first-order valence-electron chi connectivity index (χ1n) is 2.58. The van der Waals surface area contributed by atoms with Crippen molar-refractivity contribution in [1.82, 2.24) is 0 Å². The van der Waals surface area contributed by atoms with Gasteiger partial charge in [0.15, 0.2) is 0 Å². The molecule has 0 heterocycles. The highest BCUT2D eigenvalue weighted by Crippen LogP contribution is 2.15. The second-order valence-electron chi connectivity index (χ2n) is 2.13. The average Bonchev–Trinajstić information content (AvgIpc) is 1.64. The molecule has 1 heteroatoms. The van der Waals surface area contributed by atoms with E-state index in [4.69, 9.17) is 0 Å². The molecule has 0 rings (SSSR count). The van der Waals surface area contributed by atoms with E-state index in [2.05, 4.69) is 19.2 Å². The molecule has 0 aromatic carbocycles. The molecule has 0 aliphatic carbocycles. The number of thiol groups is 1. The predicted molar refractivity (Wildman–Crippen MR) is 42.2 cm³/mol. The summed E-state index contributed by atoms with van der Waals surface area (Å²) >= 11 is 4.20. The minimum absolute atomic E-state index is 1.02. The Morgan fingerprint density at radius 2 is 1.62 bits per heavy atom. The van der Waals surface area contributed by atoms with E-state index in [-0.39, 0.29) is 0 Å². The molecule has 0 bridgehead atoms. The molecular formula is C7H12S. The molecule has 0 saturated heterocycles. The van der Waals surface area contributed by atoms with Gasteiger partial charge in [-0.1, -0.05) is 12.2 Å². The summed E-state index contributed by atoms with van der Waals surface area (Å²) < 4.78 is 0. The largest absolute Gasteiger partial charge is 0.143 e. The van der Waals surface area contributed by atoms with Crippen molar-refractivity contribution in [2.75, 3.05) is 0 Å². The Morgan fingerprint density at radius 1 is 1.25 bits per heavy atom. The minimum Gasteiger partial charge on any atom is -0.143 e. The van der Waals surface area contributed by atoms with E-state index in [1.54, 1.807) is 0 Å². The summed E-state index contributed by atoms with van der Waals surface area (Å²) in [6.07, 6.45) is 0. The Hall–Kier alpha value is -0.170. The van der Waals surface area contributed by atoms with Gasteiger partial charge >= 0.3 is 0 Å². The van der Waals surface area contributed by atoms with Crippen LogP contribution in [0.25, 0.3) is 0 Å². The number of hydrogen-bond donors (Lipinski definition) is 1. The van der Waals surface area contributed by atoms with Crippen LogP contribution in [0, 0.1) is 0 Å². The van der Waals surface area contributed by atoms with Crippen LogP contribution in [0.3, 0.4) is 0 Å². The van der Waals surface area contributed by atoms with Crippen LogP contribution in [0.4, 0.5) is 0 Å². The highest BCUT2D eigenvalue weighted by atomic mass is 32.1. The summed E-state index contributed by atoms with van der Waals surface area (Å²) in [5.41, 5.74) is 2.26. The van der Waals surface area contributed by atoms with Gasteiger partial charge in [0, 0.05) is 4.91 Å². The molecule has 0 aromatic heterocycles. The lowest BCUT2D eigenvalue weighted by molar-refractivity contribution is 1.34. The zero-order chi connectivity index (χ0) is 6.73. The van der Waals surface area contributed by atoms with E-state index in [1.165, 1.54) is 5.57 Å². The van der Waals surface area contributed by atoms with Gasteiger partial charge in [0.25, 0.3) is 0 Å². The smallest absolute Gasteiger partial charge is 0.00497 e. The molecule has 0 aromatic rings. The van der Waals surface area contributed by atoms with Gasteiger partial charge in [-0.25, -0.2) is 0 Å². The molecular weight excluding hydrogens is 116 g/mol. The highest BCUT2D eigenvalue weighted by Gasteiger charge is 1.90. The fourth-order valence-corrected chi connectivity index (χ4v) is 0.427. The van der Waals surface area contributed by atoms with Crippen LogP contribution < -0.4 is 0 Å². The van der Waals surface area contributed by atoms with Crippen molar-refractivity contribution in [2.24, 2.45) is 0 Å². The van der Waals surface area contributed by atoms with Gasteiger partial charge in [0.1, 0.15) is 0 Å². The Morgan fingerprint density at radius 3 is 1.62 bits per heavy atom. The molecule has 0 unspecified atom stereocenters. The van der Waals surface area contributed by atoms with Crippen LogP contribution >= 0.6 is 12.6 Å². The SMILES string of the molecule is C=C(C)C(S)=C(C)C. The quantitative estimate of drug-likeness (QED) is 0.407. The number of rotatable bonds is 1. The molecule has 0 radical (unpaired) electrons. The third-order valence-corrected chi connectivity index (χ3v) is 1.71. The van der Waals surface area contributed by atoms with Crippen LogP contribution in [0.1, 0.15) is 20.8 Å². The molecule has 0 spiro atoms. The van der Waals surface area contributed by atoms with Crippen LogP contribution in [0.15, 0.2) is 22.6 Å². The van der Waals surface area contributed by atoms with Gasteiger partial charge in [-0.3, -0.25) is 0 Å². The van der Waals surface area contributed by atoms with Crippen LogP contribution in [-0.4, -0.2) is 0 Å². The topological polar surface area (TPSA) is 0 Å². The molecule has 0 saturated carbocycles. The number of allylic oxidation sites excluding steroid dienone is 2. The van der Waals surface area contributed by atoms with E-state index in [9.17, 15) is 0 Å². The van der Waals surface area contributed by atoms with Crippen molar-refractivity contribution >= 4 is 12.6 Å². The maximum atomic E-state index is 4.20. The normalized spacial score (nSPS) is 8.50. The monoisotopic (exact) mass is 128 g/mol. The van der Waals surface area contributed by atoms with E-state index in [1.807, 2.05) is 20.8 Å². The van der Waals surface area contributed by atoms with E-state index >= 15 is 0 Å². The predicted octanol–water partition coefficient (Wildman–Crippen LogP) is 2.79. The van der Waals surface area contributed by atoms with E-state index in [0.29, 0.717) is 0 Å². The molecule has 0 aliphatic heterocycles. The van der Waals surface area contributed by atoms with Gasteiger partial charge < -0.3 is 0 Å². The summed E-state index contributed by atoms with van der Waals surface area (Å²) in [5.74, 6) is 0. The fourth-order valence-electron chi connectivity index (χ4n) is 0.427. The lowest BCUT2D eigenvalue weighted by Crippen LogP contribution is -1.75. The Balaban J connectivity index is 4.23. The molecule has 0 aliphatic rings. The second kappa shape index (κ2) is 2.98. The number of hydrogen-bond acceptors (Lipinski definition) is 1. The van der Waals surface area contributed by atoms with Crippen LogP contribution in [0.2, 0.25) is 0 Å². The van der Waals surface area contributed by atoms with Crippen molar-refractivity contribution in [3.05, 3.63) is 22.6 Å². The van der Waals surface area contributed by atoms with Gasteiger partial charge in [-0.2, -0.15) is 0 Å². The van der Waals surface area contributed by atoms with Crippen molar-refractivity contribution in [3.8, 4) is 0 Å². The molecule has 0 nitrogen and oxygen atoms in total. The lowest BCUT2D eigenvalue weighted by atomic mass is 10.2. The summed E-state index contributed by atoms with van der Waals surface area (Å²) in [6, 6.07) is 0. The van der Waals surface area contributed by atoms with Gasteiger partial charge in [-0.15, -0.1) is 12.6 Å². The minimum atomic E-state index is 1.02. The summed E-state index contributed by atoms with van der Waals surface area (Å²) in [6.45, 7) is 9.75. The van der Waals surface area contributed by atoms with Gasteiger partial charge in [0.05, 0.1) is 0 Å². The van der Waals surface area contributed by atoms with Crippen molar-refractivity contribution in [1.29, 1.82) is 0 Å². The summed E-state index contributed by atoms with van der Waals surface area (Å²) in [4.78, 5) is 1.02. The summed E-state index contributed by atoms with van der Waals surface area (Å²) in [5, 5.41) is 0. The Bertz CT molecular complexity index is 127. The van der Waals surface area contributed by atoms with Gasteiger partial charge in [-0.05, 0) is 26.3 Å². The molecule has 0 fully saturated rings. The molecule has 8 heavy (non-hydrogen) atoms. The van der Waals surface area contributed by atoms with Crippen molar-refractivity contribution in [2.45, 2.75) is 20.8 Å². The maximum Gasteiger partial charge on any atom is 0.00497 e. The lowest BCUT2D eigenvalue weighted by Gasteiger charge is -1.98. The first-order valence-corrected chi connectivity index (χ1v) is 3.02. The van der Waals surface area contributed by atoms with Crippen LogP contribution in [-0.2, 0) is 0 Å². The second-order valence-corrected chi connectivity index (χ2v) is 2.58. The first kappa shape index (κ1) is 7.83. The third kappa shape index (κ3) is 2.22. The zero-order valence-electron chi connectivity index (χ0n) is 5.65. The van der Waals surface area contributed by atoms with E-state index in [0.717, 1.165) is 10.5 Å². The van der Waals surface area contributed by atoms with E-state index < -0.39 is 0 Å². The molecule has 0 atom stereocenters. The maximum absolute atomic E-state index is 4.20. The Kier molecular flexibility index (Phi) is 2.91. The zero-order valence-corrected chi connectivity index (χ0v) is 6.55. The van der Waals surface area contributed by atoms with Crippen LogP contribution in [0.5, 0.6) is 0 Å². The Labute approximate surface area is 56.7 Å². The first-order chi connectivity index (χ1) is 3.55. The van der Waals surface area contributed by atoms with Crippen molar-refractivity contribution < 1.29 is 0 Å². The molecule has 46 valence electrons.